The molecule has 328 valence electrons. The molecule has 1 aromatic heterocycles. The van der Waals surface area contributed by atoms with E-state index in [0.29, 0.717) is 0 Å². The normalized spacial score (nSPS) is 15.3. The number of allylic oxidation sites excluding steroid dienone is 5. The van der Waals surface area contributed by atoms with Crippen LogP contribution in [0.15, 0.2) is 248 Å². The van der Waals surface area contributed by atoms with E-state index in [2.05, 4.69) is 248 Å². The number of nitrogens with zero attached hydrogens (tertiary/aromatic N) is 1. The van der Waals surface area contributed by atoms with Crippen molar-refractivity contribution in [2.24, 2.45) is 0 Å². The van der Waals surface area contributed by atoms with Crippen LogP contribution in [0.5, 0.6) is 0 Å². The molecule has 9 aromatic carbocycles. The number of hydrogen-bond acceptors (Lipinski definition) is 2. The van der Waals surface area contributed by atoms with Gasteiger partial charge in [-0.1, -0.05) is 212 Å². The highest BCUT2D eigenvalue weighted by Gasteiger charge is 2.54. The van der Waals surface area contributed by atoms with Crippen LogP contribution in [0.1, 0.15) is 55.8 Å². The second kappa shape index (κ2) is 16.9. The Bertz CT molecular complexity index is 3720. The van der Waals surface area contributed by atoms with Crippen molar-refractivity contribution >= 4 is 32.8 Å². The fraction of sp³-hybridized carbons (Fsp3) is 0.0746. The highest BCUT2D eigenvalue weighted by atomic mass is 32.1. The van der Waals surface area contributed by atoms with Gasteiger partial charge in [0.05, 0.1) is 11.1 Å². The number of thiophene rings is 1. The fourth-order valence-corrected chi connectivity index (χ4v) is 13.2. The van der Waals surface area contributed by atoms with Crippen molar-refractivity contribution in [1.29, 1.82) is 0 Å². The summed E-state index contributed by atoms with van der Waals surface area (Å²) in [6.45, 7) is 2.12. The monoisotopic (exact) mass is 899 g/mol. The maximum atomic E-state index is 2.51. The van der Waals surface area contributed by atoms with Crippen molar-refractivity contribution in [3.63, 3.8) is 0 Å². The molecule has 1 nitrogen and oxygen atoms in total. The number of fused-ring (bicyclic) bond motifs is 15. The first kappa shape index (κ1) is 41.2. The van der Waals surface area contributed by atoms with Gasteiger partial charge < -0.3 is 4.90 Å². The van der Waals surface area contributed by atoms with Crippen LogP contribution in [0, 0.1) is 6.92 Å². The van der Waals surface area contributed by atoms with Crippen molar-refractivity contribution in [2.75, 3.05) is 4.90 Å². The molecule has 0 amide bonds. The molecule has 1 spiro atoms. The lowest BCUT2D eigenvalue weighted by molar-refractivity contribution is 0.810. The van der Waals surface area contributed by atoms with Crippen LogP contribution in [-0.2, 0) is 18.3 Å². The Morgan fingerprint density at radius 3 is 2.13 bits per heavy atom. The smallest absolute Gasteiger partial charge is 0.0819 e. The molecule has 0 fully saturated rings. The predicted octanol–water partition coefficient (Wildman–Crippen LogP) is 17.6. The summed E-state index contributed by atoms with van der Waals surface area (Å²) in [5.74, 6) is 0. The van der Waals surface area contributed by atoms with Crippen LogP contribution in [0.4, 0.5) is 11.4 Å². The van der Waals surface area contributed by atoms with E-state index in [0.717, 1.165) is 19.3 Å². The van der Waals surface area contributed by atoms with Crippen molar-refractivity contribution < 1.29 is 0 Å². The van der Waals surface area contributed by atoms with Gasteiger partial charge in [0.15, 0.2) is 0 Å². The third-order valence-corrected chi connectivity index (χ3v) is 16.0. The van der Waals surface area contributed by atoms with Crippen LogP contribution in [-0.4, -0.2) is 0 Å². The maximum absolute atomic E-state index is 2.51. The standard InChI is InChI=1S/C54H37NS.C13H12/c1-2-7-21-38(20-6-1)55(49-28-15-25-41-40-22-9-8-18-36(40)33-45(41)49)39-30-31-47-44(34-39)42-23-10-12-26-46(42)54(47)48-27-14-19-37(32-35-16-4-3-5-17-35)51(48)52-43-24-11-13-29-50(43)56-53(52)54;1-11-6-5-9-13(10-11)12-7-3-2-4-8-12/h1,3-31,34H,2,32-33H2;2-10H,1H3. The third-order valence-electron chi connectivity index (χ3n) is 14.7. The first-order chi connectivity index (χ1) is 34.1. The van der Waals surface area contributed by atoms with Gasteiger partial charge in [-0.2, -0.15) is 0 Å². The number of benzene rings is 9. The van der Waals surface area contributed by atoms with Crippen LogP contribution in [0.3, 0.4) is 0 Å². The van der Waals surface area contributed by atoms with E-state index in [1.165, 1.54) is 121 Å². The van der Waals surface area contributed by atoms with Crippen molar-refractivity contribution in [3.8, 4) is 44.5 Å². The average molecular weight is 900 g/mol. The number of hydrogen-bond donors (Lipinski definition) is 0. The van der Waals surface area contributed by atoms with Gasteiger partial charge in [-0.25, -0.2) is 0 Å². The summed E-state index contributed by atoms with van der Waals surface area (Å²) in [5, 5.41) is 1.36. The minimum atomic E-state index is -0.407. The Hall–Kier alpha value is -8.04. The highest BCUT2D eigenvalue weighted by Crippen LogP contribution is 2.67. The molecule has 1 heterocycles. The quantitative estimate of drug-likeness (QED) is 0.161. The molecule has 1 unspecified atom stereocenters. The molecule has 2 heteroatoms. The molecule has 1 atom stereocenters. The Morgan fingerprint density at radius 1 is 0.536 bits per heavy atom. The van der Waals surface area contributed by atoms with Gasteiger partial charge in [-0.05, 0) is 134 Å². The molecule has 69 heavy (non-hydrogen) atoms. The molecule has 4 aliphatic rings. The van der Waals surface area contributed by atoms with Gasteiger partial charge >= 0.3 is 0 Å². The molecule has 0 radical (unpaired) electrons. The summed E-state index contributed by atoms with van der Waals surface area (Å²) < 4.78 is 1.35. The van der Waals surface area contributed by atoms with E-state index in [-0.39, 0.29) is 0 Å². The molecule has 0 bridgehead atoms. The number of rotatable bonds is 6. The van der Waals surface area contributed by atoms with E-state index in [4.69, 9.17) is 0 Å². The van der Waals surface area contributed by atoms with E-state index in [1.54, 1.807) is 0 Å². The van der Waals surface area contributed by atoms with Crippen LogP contribution in [0.2, 0.25) is 0 Å². The van der Waals surface area contributed by atoms with E-state index < -0.39 is 5.41 Å². The van der Waals surface area contributed by atoms with Gasteiger partial charge in [-0.15, -0.1) is 11.3 Å². The lowest BCUT2D eigenvalue weighted by Gasteiger charge is -2.31. The molecule has 10 aromatic rings. The Kier molecular flexibility index (Phi) is 10.1. The van der Waals surface area contributed by atoms with Crippen molar-refractivity contribution in [1.82, 2.24) is 0 Å². The second-order valence-corrected chi connectivity index (χ2v) is 19.7. The molecule has 0 aliphatic heterocycles. The van der Waals surface area contributed by atoms with E-state index in [9.17, 15) is 0 Å². The van der Waals surface area contributed by atoms with Crippen LogP contribution >= 0.6 is 11.3 Å². The number of anilines is 2. The zero-order valence-electron chi connectivity index (χ0n) is 38.6. The first-order valence-corrected chi connectivity index (χ1v) is 25.1. The third kappa shape index (κ3) is 6.73. The molecular weight excluding hydrogens is 851 g/mol. The summed E-state index contributed by atoms with van der Waals surface area (Å²) in [6, 6.07) is 78.5. The fourth-order valence-electron chi connectivity index (χ4n) is 11.7. The van der Waals surface area contributed by atoms with Gasteiger partial charge in [0.1, 0.15) is 0 Å². The minimum Gasteiger partial charge on any atom is -0.310 e. The molecule has 14 rings (SSSR count). The Morgan fingerprint density at radius 2 is 1.25 bits per heavy atom. The molecule has 4 aliphatic carbocycles. The van der Waals surface area contributed by atoms with Crippen LogP contribution in [0.25, 0.3) is 54.6 Å². The summed E-state index contributed by atoms with van der Waals surface area (Å²) >= 11 is 1.98. The van der Waals surface area contributed by atoms with E-state index >= 15 is 0 Å². The number of aryl methyl sites for hydroxylation is 1. The van der Waals surface area contributed by atoms with E-state index in [1.807, 2.05) is 17.4 Å². The predicted molar refractivity (Wildman–Crippen MR) is 292 cm³/mol. The minimum absolute atomic E-state index is 0.407. The Balaban J connectivity index is 0.000000313. The van der Waals surface area contributed by atoms with Gasteiger partial charge in [0.25, 0.3) is 0 Å². The van der Waals surface area contributed by atoms with Crippen molar-refractivity contribution in [3.05, 3.63) is 298 Å². The summed E-state index contributed by atoms with van der Waals surface area (Å²) in [5.41, 5.74) is 24.9. The largest absolute Gasteiger partial charge is 0.310 e. The average Bonchev–Trinajstić information content (AvgIpc) is 4.07. The van der Waals surface area contributed by atoms with Gasteiger partial charge in [0.2, 0.25) is 0 Å². The summed E-state index contributed by atoms with van der Waals surface area (Å²) in [7, 11) is 0. The lowest BCUT2D eigenvalue weighted by Crippen LogP contribution is -2.25. The van der Waals surface area contributed by atoms with Crippen molar-refractivity contribution in [2.45, 2.75) is 31.6 Å². The Labute approximate surface area is 409 Å². The first-order valence-electron chi connectivity index (χ1n) is 24.2. The highest BCUT2D eigenvalue weighted by molar-refractivity contribution is 7.20. The summed E-state index contributed by atoms with van der Waals surface area (Å²) in [6.07, 6.45) is 14.1. The van der Waals surface area contributed by atoms with Gasteiger partial charge in [-0.3, -0.25) is 0 Å². The zero-order valence-corrected chi connectivity index (χ0v) is 39.4. The maximum Gasteiger partial charge on any atom is 0.0819 e. The lowest BCUT2D eigenvalue weighted by atomic mass is 9.73. The van der Waals surface area contributed by atoms with Crippen LogP contribution < -0.4 is 4.90 Å². The molecular formula is C67H49NS. The topological polar surface area (TPSA) is 3.24 Å². The van der Waals surface area contributed by atoms with Gasteiger partial charge in [0, 0.05) is 38.3 Å². The second-order valence-electron chi connectivity index (χ2n) is 18.7. The molecule has 0 saturated carbocycles. The zero-order chi connectivity index (χ0) is 45.9. The molecule has 0 N–H and O–H groups in total. The summed E-state index contributed by atoms with van der Waals surface area (Å²) in [4.78, 5) is 3.96. The molecule has 0 saturated heterocycles. The SMILES string of the molecule is C1=CCC=CC(N(c2ccc3c(c2)-c2ccccc2C32c3cccc(Cc4ccccc4)c3-c3c2sc2ccccc32)c2cccc3c2Cc2ccccc2-3)=C1.Cc1cccc(-c2ccccc2)c1.